The Labute approximate surface area is 156 Å². The molecule has 1 unspecified atom stereocenters. The molecule has 1 atom stereocenters. The number of fused-ring (bicyclic) bond motifs is 1. The SMILES string of the molecule is CS(=O)(=O)N1CCCc2cc(C(=O)NC(CN)C3CCCCC3)ccc21. The normalized spacial score (nSPS) is 19.7. The second kappa shape index (κ2) is 7.96. The van der Waals surface area contributed by atoms with Gasteiger partial charge in [-0.1, -0.05) is 19.3 Å². The van der Waals surface area contributed by atoms with Gasteiger partial charge in [-0.3, -0.25) is 9.10 Å². The number of nitrogens with two attached hydrogens (primary N) is 1. The predicted molar refractivity (Wildman–Crippen MR) is 104 cm³/mol. The standard InChI is InChI=1S/C19H29N3O3S/c1-26(24,25)22-11-5-8-15-12-16(9-10-18(15)22)19(23)21-17(13-20)14-6-3-2-4-7-14/h9-10,12,14,17H,2-8,11,13,20H2,1H3,(H,21,23). The summed E-state index contributed by atoms with van der Waals surface area (Å²) in [6.45, 7) is 0.942. The Morgan fingerprint density at radius 2 is 2.00 bits per heavy atom. The Kier molecular flexibility index (Phi) is 5.87. The number of hydrogen-bond acceptors (Lipinski definition) is 4. The molecule has 0 radical (unpaired) electrons. The first-order chi connectivity index (χ1) is 12.4. The van der Waals surface area contributed by atoms with Gasteiger partial charge in [0.25, 0.3) is 5.91 Å². The molecule has 26 heavy (non-hydrogen) atoms. The monoisotopic (exact) mass is 379 g/mol. The zero-order valence-electron chi connectivity index (χ0n) is 15.4. The molecule has 1 heterocycles. The van der Waals surface area contributed by atoms with Gasteiger partial charge in [-0.05, 0) is 55.4 Å². The first-order valence-corrected chi connectivity index (χ1v) is 11.4. The van der Waals surface area contributed by atoms with Crippen molar-refractivity contribution in [2.75, 3.05) is 23.7 Å². The van der Waals surface area contributed by atoms with Crippen molar-refractivity contribution in [3.8, 4) is 0 Å². The minimum absolute atomic E-state index is 0.00588. The van der Waals surface area contributed by atoms with E-state index in [1.165, 1.54) is 29.8 Å². The summed E-state index contributed by atoms with van der Waals surface area (Å²) in [6.07, 6.45) is 8.69. The van der Waals surface area contributed by atoms with Gasteiger partial charge in [0.1, 0.15) is 0 Å². The van der Waals surface area contributed by atoms with E-state index in [2.05, 4.69) is 5.32 Å². The van der Waals surface area contributed by atoms with Crippen LogP contribution in [-0.4, -0.2) is 39.7 Å². The molecule has 1 aliphatic carbocycles. The van der Waals surface area contributed by atoms with Crippen molar-refractivity contribution in [1.29, 1.82) is 0 Å². The van der Waals surface area contributed by atoms with Crippen LogP contribution in [0.2, 0.25) is 0 Å². The van der Waals surface area contributed by atoms with Gasteiger partial charge in [0.2, 0.25) is 10.0 Å². The van der Waals surface area contributed by atoms with Gasteiger partial charge in [-0.15, -0.1) is 0 Å². The molecule has 0 aromatic heterocycles. The van der Waals surface area contributed by atoms with Gasteiger partial charge in [0.05, 0.1) is 11.9 Å². The van der Waals surface area contributed by atoms with E-state index < -0.39 is 10.0 Å². The number of benzene rings is 1. The molecule has 3 N–H and O–H groups in total. The smallest absolute Gasteiger partial charge is 0.251 e. The van der Waals surface area contributed by atoms with Crippen molar-refractivity contribution in [2.24, 2.45) is 11.7 Å². The predicted octanol–water partition coefficient (Wildman–Crippen LogP) is 2.04. The fourth-order valence-electron chi connectivity index (χ4n) is 4.21. The molecule has 3 rings (SSSR count). The van der Waals surface area contributed by atoms with E-state index in [9.17, 15) is 13.2 Å². The Bertz CT molecular complexity index is 757. The summed E-state index contributed by atoms with van der Waals surface area (Å²) in [6, 6.07) is 5.30. The summed E-state index contributed by atoms with van der Waals surface area (Å²) >= 11 is 0. The quantitative estimate of drug-likeness (QED) is 0.819. The molecule has 1 amide bonds. The maximum absolute atomic E-state index is 12.7. The van der Waals surface area contributed by atoms with Crippen LogP contribution in [0.15, 0.2) is 18.2 Å². The Balaban J connectivity index is 1.76. The molecule has 1 aliphatic heterocycles. The third-order valence-corrected chi connectivity index (χ3v) is 6.79. The molecule has 1 aromatic carbocycles. The van der Waals surface area contributed by atoms with E-state index in [-0.39, 0.29) is 11.9 Å². The van der Waals surface area contributed by atoms with E-state index in [1.807, 2.05) is 6.07 Å². The first-order valence-electron chi connectivity index (χ1n) is 9.51. The molecule has 6 nitrogen and oxygen atoms in total. The topological polar surface area (TPSA) is 92.5 Å². The molecule has 1 aromatic rings. The minimum atomic E-state index is -3.29. The van der Waals surface area contributed by atoms with Gasteiger partial charge in [0.15, 0.2) is 0 Å². The summed E-state index contributed by atoms with van der Waals surface area (Å²) in [5.41, 5.74) is 8.10. The number of nitrogens with zero attached hydrogens (tertiary/aromatic N) is 1. The number of carbonyl (C=O) groups is 1. The molecule has 0 bridgehead atoms. The van der Waals surface area contributed by atoms with E-state index in [0.29, 0.717) is 30.3 Å². The van der Waals surface area contributed by atoms with E-state index in [0.717, 1.165) is 31.2 Å². The maximum Gasteiger partial charge on any atom is 0.251 e. The third kappa shape index (κ3) is 4.20. The zero-order chi connectivity index (χ0) is 18.7. The molecule has 144 valence electrons. The summed E-state index contributed by atoms with van der Waals surface area (Å²) < 4.78 is 25.3. The Hall–Kier alpha value is -1.60. The number of rotatable bonds is 5. The van der Waals surface area contributed by atoms with Crippen LogP contribution in [0.25, 0.3) is 0 Å². The maximum atomic E-state index is 12.7. The van der Waals surface area contributed by atoms with Crippen molar-refractivity contribution in [3.63, 3.8) is 0 Å². The Morgan fingerprint density at radius 3 is 2.65 bits per heavy atom. The zero-order valence-corrected chi connectivity index (χ0v) is 16.2. The highest BCUT2D eigenvalue weighted by Crippen LogP contribution is 2.30. The van der Waals surface area contributed by atoms with Gasteiger partial charge in [-0.2, -0.15) is 0 Å². The minimum Gasteiger partial charge on any atom is -0.348 e. The summed E-state index contributed by atoms with van der Waals surface area (Å²) in [7, 11) is -3.29. The van der Waals surface area contributed by atoms with Gasteiger partial charge in [0, 0.05) is 24.7 Å². The molecular weight excluding hydrogens is 350 g/mol. The lowest BCUT2D eigenvalue weighted by Gasteiger charge is -2.31. The van der Waals surface area contributed by atoms with Gasteiger partial charge in [-0.25, -0.2) is 8.42 Å². The fourth-order valence-corrected chi connectivity index (χ4v) is 5.20. The highest BCUT2D eigenvalue weighted by atomic mass is 32.2. The lowest BCUT2D eigenvalue weighted by atomic mass is 9.84. The Morgan fingerprint density at radius 1 is 1.27 bits per heavy atom. The highest BCUT2D eigenvalue weighted by molar-refractivity contribution is 7.92. The van der Waals surface area contributed by atoms with Crippen molar-refractivity contribution in [2.45, 2.75) is 51.0 Å². The van der Waals surface area contributed by atoms with Crippen LogP contribution in [-0.2, 0) is 16.4 Å². The number of carbonyl (C=O) groups excluding carboxylic acids is 1. The average Bonchev–Trinajstić information content (AvgIpc) is 2.64. The molecule has 1 saturated carbocycles. The molecule has 7 heteroatoms. The lowest BCUT2D eigenvalue weighted by molar-refractivity contribution is 0.0915. The lowest BCUT2D eigenvalue weighted by Crippen LogP contribution is -2.46. The number of hydrogen-bond donors (Lipinski definition) is 2. The van der Waals surface area contributed by atoms with Gasteiger partial charge >= 0.3 is 0 Å². The largest absolute Gasteiger partial charge is 0.348 e. The number of aryl methyl sites for hydroxylation is 1. The van der Waals surface area contributed by atoms with Crippen LogP contribution < -0.4 is 15.4 Å². The van der Waals surface area contributed by atoms with E-state index >= 15 is 0 Å². The van der Waals surface area contributed by atoms with Crippen LogP contribution in [0.4, 0.5) is 5.69 Å². The van der Waals surface area contributed by atoms with Crippen molar-refractivity contribution < 1.29 is 13.2 Å². The number of nitrogens with one attached hydrogen (secondary N) is 1. The van der Waals surface area contributed by atoms with Crippen LogP contribution in [0.5, 0.6) is 0 Å². The summed E-state index contributed by atoms with van der Waals surface area (Å²) in [4.78, 5) is 12.7. The first kappa shape index (κ1) is 19.2. The number of sulfonamides is 1. The number of anilines is 1. The fraction of sp³-hybridized carbons (Fsp3) is 0.632. The molecule has 0 saturated heterocycles. The molecular formula is C19H29N3O3S. The van der Waals surface area contributed by atoms with Crippen molar-refractivity contribution in [1.82, 2.24) is 5.32 Å². The van der Waals surface area contributed by atoms with Crippen LogP contribution >= 0.6 is 0 Å². The van der Waals surface area contributed by atoms with Crippen LogP contribution in [0, 0.1) is 5.92 Å². The third-order valence-electron chi connectivity index (χ3n) is 5.61. The second-order valence-electron chi connectivity index (χ2n) is 7.50. The van der Waals surface area contributed by atoms with E-state index in [1.54, 1.807) is 12.1 Å². The second-order valence-corrected chi connectivity index (χ2v) is 9.40. The molecule has 1 fully saturated rings. The van der Waals surface area contributed by atoms with Gasteiger partial charge < -0.3 is 11.1 Å². The van der Waals surface area contributed by atoms with Crippen LogP contribution in [0.1, 0.15) is 54.4 Å². The number of amides is 1. The molecule has 0 spiro atoms. The van der Waals surface area contributed by atoms with Crippen molar-refractivity contribution >= 4 is 21.6 Å². The average molecular weight is 380 g/mol. The summed E-state index contributed by atoms with van der Waals surface area (Å²) in [5, 5.41) is 3.11. The molecule has 2 aliphatic rings. The van der Waals surface area contributed by atoms with Crippen molar-refractivity contribution in [3.05, 3.63) is 29.3 Å². The van der Waals surface area contributed by atoms with E-state index in [4.69, 9.17) is 5.73 Å². The summed E-state index contributed by atoms with van der Waals surface area (Å²) in [5.74, 6) is 0.335. The highest BCUT2D eigenvalue weighted by Gasteiger charge is 2.27. The van der Waals surface area contributed by atoms with Crippen LogP contribution in [0.3, 0.4) is 0 Å².